The number of amides is 2. The molecule has 0 spiro atoms. The zero-order valence-corrected chi connectivity index (χ0v) is 18.4. The first kappa shape index (κ1) is 21.3. The maximum Gasteiger partial charge on any atom is 0.246 e. The van der Waals surface area contributed by atoms with Gasteiger partial charge in [-0.2, -0.15) is 4.31 Å². The summed E-state index contributed by atoms with van der Waals surface area (Å²) < 4.78 is 32.7. The number of rotatable bonds is 3. The van der Waals surface area contributed by atoms with E-state index < -0.39 is 16.1 Å². The third-order valence-corrected chi connectivity index (χ3v) is 8.26. The number of benzene rings is 1. The van der Waals surface area contributed by atoms with Crippen LogP contribution < -0.4 is 4.90 Å². The van der Waals surface area contributed by atoms with E-state index >= 15 is 0 Å². The largest absolute Gasteiger partial charge is 0.379 e. The minimum atomic E-state index is -3.63. The van der Waals surface area contributed by atoms with E-state index in [0.717, 1.165) is 18.4 Å². The van der Waals surface area contributed by atoms with Crippen molar-refractivity contribution in [1.82, 2.24) is 9.21 Å². The number of fused-ring (bicyclic) bond motifs is 1. The third kappa shape index (κ3) is 3.86. The van der Waals surface area contributed by atoms with Gasteiger partial charge in [0.2, 0.25) is 21.8 Å². The number of hydrogen-bond donors (Lipinski definition) is 0. The van der Waals surface area contributed by atoms with Crippen molar-refractivity contribution in [3.63, 3.8) is 0 Å². The molecular weight excluding hydrogens is 406 g/mol. The van der Waals surface area contributed by atoms with Crippen LogP contribution in [0.3, 0.4) is 0 Å². The van der Waals surface area contributed by atoms with Crippen molar-refractivity contribution >= 4 is 27.5 Å². The average molecular weight is 436 g/mol. The molecule has 0 radical (unpaired) electrons. The second kappa shape index (κ2) is 8.28. The van der Waals surface area contributed by atoms with Gasteiger partial charge in [0.25, 0.3) is 0 Å². The van der Waals surface area contributed by atoms with Crippen molar-refractivity contribution in [2.75, 3.05) is 44.3 Å². The average Bonchev–Trinajstić information content (AvgIpc) is 3.13. The molecule has 3 aliphatic rings. The number of hydrogen-bond acceptors (Lipinski definition) is 5. The van der Waals surface area contributed by atoms with Crippen molar-refractivity contribution in [3.8, 4) is 0 Å². The van der Waals surface area contributed by atoms with Crippen molar-refractivity contribution < 1.29 is 22.7 Å². The lowest BCUT2D eigenvalue weighted by Crippen LogP contribution is -2.51. The summed E-state index contributed by atoms with van der Waals surface area (Å²) in [5.41, 5.74) is 1.36. The van der Waals surface area contributed by atoms with Crippen LogP contribution in [0, 0.1) is 5.92 Å². The van der Waals surface area contributed by atoms with Crippen LogP contribution in [0.25, 0.3) is 0 Å². The number of sulfonamides is 1. The van der Waals surface area contributed by atoms with Crippen LogP contribution in [-0.4, -0.2) is 74.9 Å². The van der Waals surface area contributed by atoms with Crippen molar-refractivity contribution in [2.45, 2.75) is 44.0 Å². The Morgan fingerprint density at radius 2 is 1.73 bits per heavy atom. The predicted octanol–water partition coefficient (Wildman–Crippen LogP) is 1.24. The normalized spacial score (nSPS) is 23.5. The van der Waals surface area contributed by atoms with Crippen LogP contribution in [0.15, 0.2) is 23.1 Å². The topological polar surface area (TPSA) is 87.2 Å². The summed E-state index contributed by atoms with van der Waals surface area (Å²) in [4.78, 5) is 29.2. The molecule has 1 unspecified atom stereocenters. The van der Waals surface area contributed by atoms with Gasteiger partial charge in [0.1, 0.15) is 6.04 Å². The fraction of sp³-hybridized carbons (Fsp3) is 0.619. The van der Waals surface area contributed by atoms with Gasteiger partial charge in [-0.1, -0.05) is 6.92 Å². The second-order valence-corrected chi connectivity index (χ2v) is 10.4. The molecule has 1 aromatic rings. The summed E-state index contributed by atoms with van der Waals surface area (Å²) in [7, 11) is -3.63. The number of carbonyl (C=O) groups excluding carboxylic acids is 2. The molecule has 0 aromatic heterocycles. The molecule has 3 heterocycles. The molecule has 9 heteroatoms. The Balaban J connectivity index is 1.60. The van der Waals surface area contributed by atoms with Crippen LogP contribution in [0.2, 0.25) is 0 Å². The summed E-state index contributed by atoms with van der Waals surface area (Å²) in [5.74, 6) is 0.346. The number of likely N-dealkylation sites (tertiary alicyclic amines) is 1. The SMILES string of the molecule is CC(=O)N1c2ccc(S(=O)(=O)N3CCOCC3)cc2CC1C(=O)N1CCC(C)CC1. The molecule has 3 aliphatic heterocycles. The molecular formula is C21H29N3O5S. The molecule has 0 aliphatic carbocycles. The molecule has 2 fully saturated rings. The van der Waals surface area contributed by atoms with Gasteiger partial charge in [-0.25, -0.2) is 8.42 Å². The monoisotopic (exact) mass is 435 g/mol. The van der Waals surface area contributed by atoms with Crippen LogP contribution in [0.4, 0.5) is 5.69 Å². The fourth-order valence-corrected chi connectivity index (χ4v) is 6.01. The summed E-state index contributed by atoms with van der Waals surface area (Å²) in [5, 5.41) is 0. The van der Waals surface area contributed by atoms with Crippen LogP contribution in [0.1, 0.15) is 32.3 Å². The molecule has 1 aromatic carbocycles. The van der Waals surface area contributed by atoms with Gasteiger partial charge in [0.05, 0.1) is 18.1 Å². The van der Waals surface area contributed by atoms with Crippen LogP contribution >= 0.6 is 0 Å². The fourth-order valence-electron chi connectivity index (χ4n) is 4.55. The molecule has 164 valence electrons. The Bertz CT molecular complexity index is 934. The van der Waals surface area contributed by atoms with E-state index in [1.165, 1.54) is 22.2 Å². The van der Waals surface area contributed by atoms with Crippen LogP contribution in [0.5, 0.6) is 0 Å². The smallest absolute Gasteiger partial charge is 0.246 e. The first-order chi connectivity index (χ1) is 14.3. The summed E-state index contributed by atoms with van der Waals surface area (Å²) in [6.45, 7) is 6.46. The third-order valence-electron chi connectivity index (χ3n) is 6.36. The lowest BCUT2D eigenvalue weighted by atomic mass is 9.98. The lowest BCUT2D eigenvalue weighted by molar-refractivity contribution is -0.135. The number of piperidine rings is 1. The molecule has 0 saturated carbocycles. The highest BCUT2D eigenvalue weighted by Crippen LogP contribution is 2.36. The van der Waals surface area contributed by atoms with Gasteiger partial charge in [-0.15, -0.1) is 0 Å². The van der Waals surface area contributed by atoms with Gasteiger partial charge in [0, 0.05) is 45.2 Å². The quantitative estimate of drug-likeness (QED) is 0.713. The Morgan fingerprint density at radius 1 is 1.07 bits per heavy atom. The van der Waals surface area contributed by atoms with Gasteiger partial charge in [-0.3, -0.25) is 14.5 Å². The lowest BCUT2D eigenvalue weighted by Gasteiger charge is -2.34. The first-order valence-electron chi connectivity index (χ1n) is 10.6. The minimum absolute atomic E-state index is 0.0501. The predicted molar refractivity (Wildman–Crippen MR) is 112 cm³/mol. The second-order valence-electron chi connectivity index (χ2n) is 8.42. The van der Waals surface area contributed by atoms with E-state index in [0.29, 0.717) is 57.4 Å². The van der Waals surface area contributed by atoms with E-state index in [9.17, 15) is 18.0 Å². The molecule has 0 N–H and O–H groups in total. The minimum Gasteiger partial charge on any atom is -0.379 e. The summed E-state index contributed by atoms with van der Waals surface area (Å²) in [6.07, 6.45) is 2.27. The van der Waals surface area contributed by atoms with Crippen molar-refractivity contribution in [1.29, 1.82) is 0 Å². The highest BCUT2D eigenvalue weighted by atomic mass is 32.2. The van der Waals surface area contributed by atoms with Gasteiger partial charge >= 0.3 is 0 Å². The van der Waals surface area contributed by atoms with Crippen molar-refractivity contribution in [3.05, 3.63) is 23.8 Å². The molecule has 8 nitrogen and oxygen atoms in total. The van der Waals surface area contributed by atoms with E-state index in [1.54, 1.807) is 12.1 Å². The molecule has 2 amide bonds. The number of ether oxygens (including phenoxy) is 1. The standard InChI is InChI=1S/C21H29N3O5S/c1-15-5-7-22(8-6-15)21(26)20-14-17-13-18(3-4-19(17)24(20)16(2)25)30(27,28)23-9-11-29-12-10-23/h3-4,13,15,20H,5-12,14H2,1-2H3. The highest BCUT2D eigenvalue weighted by Gasteiger charge is 2.40. The Kier molecular flexibility index (Phi) is 5.87. The molecule has 2 saturated heterocycles. The number of carbonyl (C=O) groups is 2. The highest BCUT2D eigenvalue weighted by molar-refractivity contribution is 7.89. The molecule has 1 atom stereocenters. The summed E-state index contributed by atoms with van der Waals surface area (Å²) >= 11 is 0. The number of morpholine rings is 1. The molecule has 0 bridgehead atoms. The Labute approximate surface area is 177 Å². The Morgan fingerprint density at radius 3 is 2.37 bits per heavy atom. The summed E-state index contributed by atoms with van der Waals surface area (Å²) in [6, 6.07) is 4.22. The van der Waals surface area contributed by atoms with Gasteiger partial charge < -0.3 is 9.64 Å². The van der Waals surface area contributed by atoms with Gasteiger partial charge in [-0.05, 0) is 42.5 Å². The van der Waals surface area contributed by atoms with Crippen LogP contribution in [-0.2, 0) is 30.8 Å². The molecule has 4 rings (SSSR count). The zero-order chi connectivity index (χ0) is 21.5. The Hall–Kier alpha value is -1.97. The first-order valence-corrected chi connectivity index (χ1v) is 12.0. The number of anilines is 1. The van der Waals surface area contributed by atoms with E-state index in [1.807, 2.05) is 4.90 Å². The zero-order valence-electron chi connectivity index (χ0n) is 17.5. The molecule has 30 heavy (non-hydrogen) atoms. The van der Waals surface area contributed by atoms with E-state index in [-0.39, 0.29) is 16.7 Å². The van der Waals surface area contributed by atoms with Crippen molar-refractivity contribution in [2.24, 2.45) is 5.92 Å². The maximum absolute atomic E-state index is 13.2. The maximum atomic E-state index is 13.2. The van der Waals surface area contributed by atoms with E-state index in [4.69, 9.17) is 4.74 Å². The van der Waals surface area contributed by atoms with E-state index in [2.05, 4.69) is 6.92 Å². The number of nitrogens with zero attached hydrogens (tertiary/aromatic N) is 3. The van der Waals surface area contributed by atoms with Gasteiger partial charge in [0.15, 0.2) is 0 Å².